The Balaban J connectivity index is 1.64. The monoisotopic (exact) mass is 305 g/mol. The lowest BCUT2D eigenvalue weighted by molar-refractivity contribution is -0.122. The Hall–Kier alpha value is -1.89. The van der Waals surface area contributed by atoms with Crippen molar-refractivity contribution in [1.82, 2.24) is 15.3 Å². The van der Waals surface area contributed by atoms with Crippen molar-refractivity contribution in [3.8, 4) is 0 Å². The van der Waals surface area contributed by atoms with Crippen LogP contribution >= 0.6 is 11.3 Å². The summed E-state index contributed by atoms with van der Waals surface area (Å²) < 4.78 is 0. The summed E-state index contributed by atoms with van der Waals surface area (Å²) in [5, 5.41) is 7.16. The second-order valence-electron chi connectivity index (χ2n) is 5.21. The molecule has 2 aromatic rings. The van der Waals surface area contributed by atoms with Gasteiger partial charge in [0.25, 0.3) is 0 Å². The molecule has 3 rings (SSSR count). The number of anilines is 2. The van der Waals surface area contributed by atoms with E-state index in [-0.39, 0.29) is 17.8 Å². The molecule has 0 spiro atoms. The number of fused-ring (bicyclic) bond motifs is 1. The van der Waals surface area contributed by atoms with E-state index in [1.807, 2.05) is 0 Å². The van der Waals surface area contributed by atoms with Crippen LogP contribution in [0.3, 0.4) is 0 Å². The second-order valence-corrected chi connectivity index (χ2v) is 6.32. The van der Waals surface area contributed by atoms with Gasteiger partial charge in [-0.25, -0.2) is 4.98 Å². The fraction of sp³-hybridized carbons (Fsp3) is 0.500. The van der Waals surface area contributed by atoms with Crippen LogP contribution in [0, 0.1) is 5.92 Å². The number of amides is 1. The van der Waals surface area contributed by atoms with Gasteiger partial charge in [0.1, 0.15) is 10.6 Å². The Kier molecular flexibility index (Phi) is 3.92. The van der Waals surface area contributed by atoms with Gasteiger partial charge < -0.3 is 16.4 Å². The first-order valence-corrected chi connectivity index (χ1v) is 8.06. The summed E-state index contributed by atoms with van der Waals surface area (Å²) in [6.45, 7) is 3.33. The molecule has 4 N–H and O–H groups in total. The van der Waals surface area contributed by atoms with Crippen LogP contribution in [0.15, 0.2) is 6.07 Å². The highest BCUT2D eigenvalue weighted by Gasteiger charge is 2.28. The molecular weight excluding hydrogens is 286 g/mol. The molecule has 1 amide bonds. The predicted octanol–water partition coefficient (Wildman–Crippen LogP) is 1.77. The quantitative estimate of drug-likeness (QED) is 0.707. The highest BCUT2D eigenvalue weighted by molar-refractivity contribution is 7.18. The molecule has 0 unspecified atom stereocenters. The fourth-order valence-electron chi connectivity index (χ4n) is 2.15. The number of nitrogens with zero attached hydrogens (tertiary/aromatic N) is 2. The minimum absolute atomic E-state index is 0.160. The predicted molar refractivity (Wildman–Crippen MR) is 85.4 cm³/mol. The standard InChI is InChI=1S/C14H19N5OS/c1-2-9-7-10-11(18-14(15)19-13(10)21-9)16-5-6-17-12(20)8-3-4-8/h7-8H,2-6H2,1H3,(H,17,20)(H3,15,16,18,19). The molecule has 0 bridgehead atoms. The summed E-state index contributed by atoms with van der Waals surface area (Å²) in [6, 6.07) is 2.10. The van der Waals surface area contributed by atoms with Crippen LogP contribution in [0.4, 0.5) is 11.8 Å². The van der Waals surface area contributed by atoms with E-state index in [9.17, 15) is 4.79 Å². The smallest absolute Gasteiger partial charge is 0.223 e. The van der Waals surface area contributed by atoms with Crippen LogP contribution in [-0.4, -0.2) is 29.0 Å². The summed E-state index contributed by atoms with van der Waals surface area (Å²) in [5.74, 6) is 1.42. The minimum Gasteiger partial charge on any atom is -0.368 e. The first-order chi connectivity index (χ1) is 10.2. The van der Waals surface area contributed by atoms with Crippen molar-refractivity contribution in [3.63, 3.8) is 0 Å². The summed E-state index contributed by atoms with van der Waals surface area (Å²) in [7, 11) is 0. The van der Waals surface area contributed by atoms with Gasteiger partial charge in [0.15, 0.2) is 0 Å². The number of nitrogens with two attached hydrogens (primary N) is 1. The largest absolute Gasteiger partial charge is 0.368 e. The van der Waals surface area contributed by atoms with Crippen molar-refractivity contribution in [1.29, 1.82) is 0 Å². The fourth-order valence-corrected chi connectivity index (χ4v) is 3.13. The van der Waals surface area contributed by atoms with Crippen LogP contribution in [-0.2, 0) is 11.2 Å². The van der Waals surface area contributed by atoms with E-state index < -0.39 is 0 Å². The number of hydrogen-bond acceptors (Lipinski definition) is 6. The van der Waals surface area contributed by atoms with Crippen LogP contribution in [0.1, 0.15) is 24.6 Å². The molecule has 0 aliphatic heterocycles. The van der Waals surface area contributed by atoms with Gasteiger partial charge in [0.05, 0.1) is 5.39 Å². The number of rotatable bonds is 6. The highest BCUT2D eigenvalue weighted by Crippen LogP contribution is 2.30. The average Bonchev–Trinajstić information content (AvgIpc) is 3.23. The Morgan fingerprint density at radius 2 is 2.24 bits per heavy atom. The molecule has 7 heteroatoms. The zero-order chi connectivity index (χ0) is 14.8. The van der Waals surface area contributed by atoms with Crippen LogP contribution < -0.4 is 16.4 Å². The number of carbonyl (C=O) groups excluding carboxylic acids is 1. The molecule has 1 fully saturated rings. The van der Waals surface area contributed by atoms with E-state index in [2.05, 4.69) is 33.6 Å². The van der Waals surface area contributed by atoms with E-state index in [4.69, 9.17) is 5.73 Å². The van der Waals surface area contributed by atoms with Crippen molar-refractivity contribution in [3.05, 3.63) is 10.9 Å². The maximum Gasteiger partial charge on any atom is 0.223 e. The summed E-state index contributed by atoms with van der Waals surface area (Å²) in [4.78, 5) is 22.2. The van der Waals surface area contributed by atoms with Gasteiger partial charge in [-0.1, -0.05) is 6.92 Å². The Morgan fingerprint density at radius 3 is 2.95 bits per heavy atom. The molecule has 0 saturated heterocycles. The third-order valence-electron chi connectivity index (χ3n) is 3.47. The lowest BCUT2D eigenvalue weighted by Crippen LogP contribution is -2.30. The zero-order valence-corrected chi connectivity index (χ0v) is 12.8. The van der Waals surface area contributed by atoms with Gasteiger partial charge in [-0.3, -0.25) is 4.79 Å². The lowest BCUT2D eigenvalue weighted by atomic mass is 10.3. The van der Waals surface area contributed by atoms with Gasteiger partial charge in [-0.05, 0) is 25.3 Å². The maximum atomic E-state index is 11.5. The van der Waals surface area contributed by atoms with E-state index in [0.29, 0.717) is 13.1 Å². The molecule has 21 heavy (non-hydrogen) atoms. The molecule has 2 aromatic heterocycles. The summed E-state index contributed by atoms with van der Waals surface area (Å²) in [5.41, 5.74) is 5.75. The molecule has 112 valence electrons. The molecule has 1 aliphatic carbocycles. The van der Waals surface area contributed by atoms with Crippen molar-refractivity contribution >= 4 is 39.2 Å². The van der Waals surface area contributed by atoms with E-state index >= 15 is 0 Å². The molecular formula is C14H19N5OS. The Morgan fingerprint density at radius 1 is 1.43 bits per heavy atom. The first kappa shape index (κ1) is 14.1. The van der Waals surface area contributed by atoms with Crippen LogP contribution in [0.2, 0.25) is 0 Å². The van der Waals surface area contributed by atoms with E-state index in [1.165, 1.54) is 4.88 Å². The molecule has 0 aromatic carbocycles. The van der Waals surface area contributed by atoms with Crippen molar-refractivity contribution in [2.75, 3.05) is 24.1 Å². The molecule has 2 heterocycles. The van der Waals surface area contributed by atoms with Gasteiger partial charge in [0, 0.05) is 23.9 Å². The lowest BCUT2D eigenvalue weighted by Gasteiger charge is -2.08. The third-order valence-corrected chi connectivity index (χ3v) is 4.65. The molecule has 0 radical (unpaired) electrons. The van der Waals surface area contributed by atoms with E-state index in [0.717, 1.165) is 35.3 Å². The van der Waals surface area contributed by atoms with E-state index in [1.54, 1.807) is 11.3 Å². The highest BCUT2D eigenvalue weighted by atomic mass is 32.1. The van der Waals surface area contributed by atoms with Gasteiger partial charge >= 0.3 is 0 Å². The normalized spacial score (nSPS) is 14.3. The Bertz CT molecular complexity index is 665. The van der Waals surface area contributed by atoms with Crippen LogP contribution in [0.25, 0.3) is 10.2 Å². The summed E-state index contributed by atoms with van der Waals surface area (Å²) in [6.07, 6.45) is 3.02. The number of aromatic nitrogens is 2. The van der Waals surface area contributed by atoms with Gasteiger partial charge in [-0.15, -0.1) is 11.3 Å². The molecule has 6 nitrogen and oxygen atoms in total. The van der Waals surface area contributed by atoms with Gasteiger partial charge in [0.2, 0.25) is 11.9 Å². The first-order valence-electron chi connectivity index (χ1n) is 7.25. The van der Waals surface area contributed by atoms with Crippen molar-refractivity contribution < 1.29 is 4.79 Å². The maximum absolute atomic E-state index is 11.5. The average molecular weight is 305 g/mol. The number of nitrogen functional groups attached to an aromatic ring is 1. The number of thiophene rings is 1. The second kappa shape index (κ2) is 5.85. The minimum atomic E-state index is 0.160. The van der Waals surface area contributed by atoms with Crippen LogP contribution in [0.5, 0.6) is 0 Å². The molecule has 1 saturated carbocycles. The van der Waals surface area contributed by atoms with Crippen molar-refractivity contribution in [2.45, 2.75) is 26.2 Å². The molecule has 0 atom stereocenters. The topological polar surface area (TPSA) is 92.9 Å². The molecule has 1 aliphatic rings. The third kappa shape index (κ3) is 3.24. The Labute approximate surface area is 127 Å². The zero-order valence-electron chi connectivity index (χ0n) is 12.0. The van der Waals surface area contributed by atoms with Crippen molar-refractivity contribution in [2.24, 2.45) is 5.92 Å². The number of nitrogens with one attached hydrogen (secondary N) is 2. The SMILES string of the molecule is CCc1cc2c(NCCNC(=O)C3CC3)nc(N)nc2s1. The number of carbonyl (C=O) groups is 1. The number of aryl methyl sites for hydroxylation is 1. The van der Waals surface area contributed by atoms with Gasteiger partial charge in [-0.2, -0.15) is 4.98 Å². The summed E-state index contributed by atoms with van der Waals surface area (Å²) >= 11 is 1.64. The number of hydrogen-bond donors (Lipinski definition) is 3.